The minimum absolute atomic E-state index is 0.0969. The second kappa shape index (κ2) is 9.84. The summed E-state index contributed by atoms with van der Waals surface area (Å²) in [5.41, 5.74) is 0.802. The molecule has 7 heteroatoms. The lowest BCUT2D eigenvalue weighted by Gasteiger charge is -2.14. The molecule has 1 aliphatic heterocycles. The molecule has 152 valence electrons. The highest BCUT2D eigenvalue weighted by atomic mass is 32.2. The molecule has 3 aromatic rings. The van der Waals surface area contributed by atoms with Crippen molar-refractivity contribution >= 4 is 46.4 Å². The average Bonchev–Trinajstić information content (AvgIpc) is 3.32. The lowest BCUT2D eigenvalue weighted by atomic mass is 10.3. The molecule has 0 saturated carbocycles. The zero-order valence-corrected chi connectivity index (χ0v) is 18.0. The van der Waals surface area contributed by atoms with Gasteiger partial charge in [-0.15, -0.1) is 0 Å². The third-order valence-electron chi connectivity index (χ3n) is 4.23. The molecule has 0 atom stereocenters. The fourth-order valence-corrected chi connectivity index (χ4v) is 4.59. The number of amidine groups is 1. The van der Waals surface area contributed by atoms with Crippen LogP contribution in [-0.2, 0) is 9.53 Å². The van der Waals surface area contributed by atoms with Gasteiger partial charge in [0.05, 0.1) is 23.7 Å². The van der Waals surface area contributed by atoms with Crippen LogP contribution < -0.4 is 0 Å². The second-order valence-electron chi connectivity index (χ2n) is 6.36. The van der Waals surface area contributed by atoms with Crippen molar-refractivity contribution in [3.05, 3.63) is 83.5 Å². The van der Waals surface area contributed by atoms with E-state index in [-0.39, 0.29) is 5.91 Å². The maximum Gasteiger partial charge on any atom is 0.266 e. The Balaban J connectivity index is 1.55. The average molecular weight is 437 g/mol. The van der Waals surface area contributed by atoms with Crippen LogP contribution in [0.15, 0.2) is 97.1 Å². The Morgan fingerprint density at radius 3 is 2.53 bits per heavy atom. The van der Waals surface area contributed by atoms with Crippen molar-refractivity contribution in [3.8, 4) is 0 Å². The number of methoxy groups -OCH3 is 1. The molecule has 1 saturated heterocycles. The van der Waals surface area contributed by atoms with Crippen molar-refractivity contribution in [2.24, 2.45) is 4.99 Å². The van der Waals surface area contributed by atoms with Crippen LogP contribution in [0.25, 0.3) is 6.08 Å². The number of benzene rings is 2. The van der Waals surface area contributed by atoms with Gasteiger partial charge in [-0.3, -0.25) is 9.69 Å². The smallest absolute Gasteiger partial charge is 0.266 e. The van der Waals surface area contributed by atoms with Crippen LogP contribution in [0, 0.1) is 0 Å². The number of thioether (sulfide) groups is 1. The Morgan fingerprint density at radius 2 is 1.80 bits per heavy atom. The molecule has 0 bridgehead atoms. The van der Waals surface area contributed by atoms with E-state index in [4.69, 9.17) is 9.15 Å². The summed E-state index contributed by atoms with van der Waals surface area (Å²) in [6.45, 7) is 0.880. The van der Waals surface area contributed by atoms with Crippen molar-refractivity contribution in [1.29, 1.82) is 0 Å². The lowest BCUT2D eigenvalue weighted by Crippen LogP contribution is -2.32. The first-order valence-electron chi connectivity index (χ1n) is 9.40. The molecule has 1 aromatic heterocycles. The van der Waals surface area contributed by atoms with Gasteiger partial charge in [0.15, 0.2) is 10.3 Å². The van der Waals surface area contributed by atoms with E-state index in [1.807, 2.05) is 72.8 Å². The van der Waals surface area contributed by atoms with E-state index in [2.05, 4.69) is 4.99 Å². The van der Waals surface area contributed by atoms with Gasteiger partial charge in [-0.2, -0.15) is 0 Å². The predicted molar refractivity (Wildman–Crippen MR) is 122 cm³/mol. The molecule has 30 heavy (non-hydrogen) atoms. The SMILES string of the molecule is COCCN1C(=O)C(=Cc2ccc(Sc3ccccc3)o2)SC1=Nc1ccccc1. The highest BCUT2D eigenvalue weighted by Crippen LogP contribution is 2.35. The lowest BCUT2D eigenvalue weighted by molar-refractivity contribution is -0.122. The van der Waals surface area contributed by atoms with Gasteiger partial charge >= 0.3 is 0 Å². The van der Waals surface area contributed by atoms with Gasteiger partial charge < -0.3 is 9.15 Å². The predicted octanol–water partition coefficient (Wildman–Crippen LogP) is 5.68. The monoisotopic (exact) mass is 436 g/mol. The number of amides is 1. The van der Waals surface area contributed by atoms with Gasteiger partial charge in [0.25, 0.3) is 5.91 Å². The maximum atomic E-state index is 13.0. The highest BCUT2D eigenvalue weighted by Gasteiger charge is 2.33. The summed E-state index contributed by atoms with van der Waals surface area (Å²) in [4.78, 5) is 20.9. The Kier molecular flexibility index (Phi) is 6.74. The van der Waals surface area contributed by atoms with Crippen LogP contribution >= 0.6 is 23.5 Å². The fraction of sp³-hybridized carbons (Fsp3) is 0.130. The number of carbonyl (C=O) groups excluding carboxylic acids is 1. The van der Waals surface area contributed by atoms with E-state index in [0.29, 0.717) is 29.0 Å². The number of hydrogen-bond donors (Lipinski definition) is 0. The normalized spacial score (nSPS) is 16.7. The molecule has 0 N–H and O–H groups in total. The van der Waals surface area contributed by atoms with Gasteiger partial charge in [-0.1, -0.05) is 48.2 Å². The van der Waals surface area contributed by atoms with E-state index in [1.54, 1.807) is 29.8 Å². The van der Waals surface area contributed by atoms with Crippen LogP contribution in [0.3, 0.4) is 0 Å². The number of hydrogen-bond acceptors (Lipinski definition) is 6. The number of ether oxygens (including phenoxy) is 1. The molecule has 0 unspecified atom stereocenters. The molecule has 0 aliphatic carbocycles. The fourth-order valence-electron chi connectivity index (χ4n) is 2.78. The zero-order chi connectivity index (χ0) is 20.8. The number of para-hydroxylation sites is 1. The molecule has 5 nitrogen and oxygen atoms in total. The standard InChI is InChI=1S/C23H20N2O3S2/c1-27-15-14-25-22(26)20(30-23(25)24-17-8-4-2-5-9-17)16-18-12-13-21(28-18)29-19-10-6-3-7-11-19/h2-13,16H,14-15H2,1H3. The number of furan rings is 1. The molecule has 2 aromatic carbocycles. The van der Waals surface area contributed by atoms with Gasteiger partial charge in [-0.25, -0.2) is 4.99 Å². The summed E-state index contributed by atoms with van der Waals surface area (Å²) in [6.07, 6.45) is 1.77. The number of aliphatic imine (C=N–C) groups is 1. The van der Waals surface area contributed by atoms with Crippen molar-refractivity contribution in [2.75, 3.05) is 20.3 Å². The van der Waals surface area contributed by atoms with E-state index in [9.17, 15) is 4.79 Å². The van der Waals surface area contributed by atoms with Gasteiger partial charge in [-0.05, 0) is 48.2 Å². The number of rotatable bonds is 7. The Morgan fingerprint density at radius 1 is 1.07 bits per heavy atom. The molecule has 1 aliphatic rings. The topological polar surface area (TPSA) is 55.0 Å². The quantitative estimate of drug-likeness (QED) is 0.446. The Labute approximate surface area is 183 Å². The maximum absolute atomic E-state index is 13.0. The van der Waals surface area contributed by atoms with E-state index < -0.39 is 0 Å². The Bertz CT molecular complexity index is 1060. The summed E-state index contributed by atoms with van der Waals surface area (Å²) in [5, 5.41) is 1.41. The van der Waals surface area contributed by atoms with Gasteiger partial charge in [0.2, 0.25) is 0 Å². The molecule has 4 rings (SSSR count). The van der Waals surface area contributed by atoms with Gasteiger partial charge in [0, 0.05) is 18.1 Å². The molecular weight excluding hydrogens is 416 g/mol. The van der Waals surface area contributed by atoms with Crippen LogP contribution in [-0.4, -0.2) is 36.2 Å². The third-order valence-corrected chi connectivity index (χ3v) is 6.16. The van der Waals surface area contributed by atoms with Crippen LogP contribution in [0.5, 0.6) is 0 Å². The highest BCUT2D eigenvalue weighted by molar-refractivity contribution is 8.18. The van der Waals surface area contributed by atoms with Crippen molar-refractivity contribution < 1.29 is 13.9 Å². The first-order valence-corrected chi connectivity index (χ1v) is 11.0. The van der Waals surface area contributed by atoms with Crippen molar-refractivity contribution in [2.45, 2.75) is 9.99 Å². The molecular formula is C23H20N2O3S2. The second-order valence-corrected chi connectivity index (χ2v) is 8.45. The minimum Gasteiger partial charge on any atom is -0.450 e. The van der Waals surface area contributed by atoms with Crippen molar-refractivity contribution in [1.82, 2.24) is 4.90 Å². The summed E-state index contributed by atoms with van der Waals surface area (Å²) in [7, 11) is 1.62. The number of carbonyl (C=O) groups is 1. The summed E-state index contributed by atoms with van der Waals surface area (Å²) in [5.74, 6) is 0.539. The molecule has 2 heterocycles. The van der Waals surface area contributed by atoms with Crippen LogP contribution in [0.1, 0.15) is 5.76 Å². The minimum atomic E-state index is -0.0969. The summed E-state index contributed by atoms with van der Waals surface area (Å²) in [6, 6.07) is 23.4. The first kappa shape index (κ1) is 20.5. The van der Waals surface area contributed by atoms with Gasteiger partial charge in [0.1, 0.15) is 5.76 Å². The van der Waals surface area contributed by atoms with Crippen molar-refractivity contribution in [3.63, 3.8) is 0 Å². The number of nitrogens with zero attached hydrogens (tertiary/aromatic N) is 2. The van der Waals surface area contributed by atoms with E-state index in [1.165, 1.54) is 11.8 Å². The zero-order valence-electron chi connectivity index (χ0n) is 16.4. The third kappa shape index (κ3) is 5.05. The first-order chi connectivity index (χ1) is 14.7. The molecule has 1 fully saturated rings. The van der Waals surface area contributed by atoms with Crippen LogP contribution in [0.2, 0.25) is 0 Å². The molecule has 0 spiro atoms. The summed E-state index contributed by atoms with van der Waals surface area (Å²) >= 11 is 2.89. The van der Waals surface area contributed by atoms with Crippen LogP contribution in [0.4, 0.5) is 5.69 Å². The van der Waals surface area contributed by atoms with E-state index in [0.717, 1.165) is 15.7 Å². The largest absolute Gasteiger partial charge is 0.450 e. The molecule has 0 radical (unpaired) electrons. The van der Waals surface area contributed by atoms with E-state index >= 15 is 0 Å². The molecule has 1 amide bonds. The Hall–Kier alpha value is -2.74. The summed E-state index contributed by atoms with van der Waals surface area (Å²) < 4.78 is 11.1.